The van der Waals surface area contributed by atoms with Crippen LogP contribution in [-0.2, 0) is 20.6 Å². The van der Waals surface area contributed by atoms with Crippen LogP contribution >= 0.6 is 8.69 Å². The van der Waals surface area contributed by atoms with E-state index in [4.69, 9.17) is 9.26 Å². The molecule has 0 spiro atoms. The quantitative estimate of drug-likeness (QED) is 0.192. The van der Waals surface area contributed by atoms with Gasteiger partial charge in [0, 0.05) is 39.4 Å². The molecular weight excluding hydrogens is 444 g/mol. The molecule has 0 aromatic carbocycles. The topological polar surface area (TPSA) is 114 Å². The lowest BCUT2D eigenvalue weighted by Crippen LogP contribution is -2.51. The molecule has 0 aliphatic carbocycles. The van der Waals surface area contributed by atoms with Crippen molar-refractivity contribution < 1.29 is 32.6 Å². The van der Waals surface area contributed by atoms with Crippen LogP contribution in [0, 0.1) is 0 Å². The number of nitrogens with zero attached hydrogens (tertiary/aromatic N) is 5. The Labute approximate surface area is 184 Å². The average molecular weight is 465 g/mol. The molecule has 0 atom stereocenters. The van der Waals surface area contributed by atoms with Crippen LogP contribution in [0.4, 0.5) is 15.0 Å². The van der Waals surface area contributed by atoms with E-state index in [9.17, 15) is 23.3 Å². The molecule has 170 valence electrons. The van der Waals surface area contributed by atoms with Crippen molar-refractivity contribution in [2.45, 2.75) is 6.73 Å². The van der Waals surface area contributed by atoms with Gasteiger partial charge in [0.1, 0.15) is 12.5 Å². The maximum Gasteiger partial charge on any atom is 0.400 e. The van der Waals surface area contributed by atoms with Gasteiger partial charge in [0.2, 0.25) is 0 Å². The zero-order valence-corrected chi connectivity index (χ0v) is 18.4. The van der Waals surface area contributed by atoms with E-state index in [1.807, 2.05) is 0 Å². The second-order valence-corrected chi connectivity index (χ2v) is 7.28. The second kappa shape index (κ2) is 9.84. The van der Waals surface area contributed by atoms with Crippen LogP contribution in [0.3, 0.4) is 0 Å². The molecule has 13 heteroatoms. The lowest BCUT2D eigenvalue weighted by atomic mass is 10.1. The molecule has 1 saturated heterocycles. The molecular formula is C19H21FN5O6P. The minimum absolute atomic E-state index is 0.00591. The predicted octanol–water partition coefficient (Wildman–Crippen LogP) is 2.22. The van der Waals surface area contributed by atoms with Crippen molar-refractivity contribution in [3.63, 3.8) is 0 Å². The van der Waals surface area contributed by atoms with Gasteiger partial charge in [-0.1, -0.05) is 6.58 Å². The van der Waals surface area contributed by atoms with E-state index in [0.29, 0.717) is 16.7 Å². The molecule has 2 aromatic rings. The van der Waals surface area contributed by atoms with Crippen LogP contribution in [0.15, 0.2) is 25.2 Å². The summed E-state index contributed by atoms with van der Waals surface area (Å²) in [5.74, 6) is -0.951. The smallest absolute Gasteiger partial charge is 0.400 e. The summed E-state index contributed by atoms with van der Waals surface area (Å²) < 4.78 is 35.6. The number of carbonyl (C=O) groups excluding carboxylic acids is 3. The van der Waals surface area contributed by atoms with E-state index in [-0.39, 0.29) is 44.2 Å². The van der Waals surface area contributed by atoms with Gasteiger partial charge in [-0.05, 0) is 6.20 Å². The summed E-state index contributed by atoms with van der Waals surface area (Å²) in [4.78, 5) is 45.2. The highest BCUT2D eigenvalue weighted by molar-refractivity contribution is 7.17. The Kier molecular flexibility index (Phi) is 7.16. The van der Waals surface area contributed by atoms with E-state index >= 15 is 0 Å². The van der Waals surface area contributed by atoms with E-state index in [1.54, 1.807) is 11.9 Å². The standard InChI is InChI=1S/C19H21FN5O6P/c1-4-22(2)17-15-14(13(30-3)9-21-17)12(10-25(15)11-31-32-29)16(26)18(27)23-5-7-24(8-6-23)19(20)28/h4,9-10H,1,5-8,11H2,2-3H3. The summed E-state index contributed by atoms with van der Waals surface area (Å²) in [5.41, 5.74) is 0.456. The summed E-state index contributed by atoms with van der Waals surface area (Å²) in [5, 5.41) is 0.327. The number of piperazine rings is 1. The SMILES string of the molecule is C=CN(C)c1ncc(OC)c2c(C(=O)C(=O)N3CCN(C(=O)F)CC3)cn(COP=O)c12. The fraction of sp³-hybridized carbons (Fsp3) is 0.368. The van der Waals surface area contributed by atoms with Gasteiger partial charge < -0.3 is 24.0 Å². The maximum atomic E-state index is 13.2. The second-order valence-electron chi connectivity index (χ2n) is 6.87. The molecule has 2 aromatic heterocycles. The Hall–Kier alpha value is -3.37. The lowest BCUT2D eigenvalue weighted by molar-refractivity contribution is -0.127. The number of amides is 2. The molecule has 11 nitrogen and oxygen atoms in total. The zero-order chi connectivity index (χ0) is 23.4. The average Bonchev–Trinajstić information content (AvgIpc) is 3.20. The molecule has 32 heavy (non-hydrogen) atoms. The molecule has 0 radical (unpaired) electrons. The number of carbonyl (C=O) groups is 3. The Morgan fingerprint density at radius 2 is 1.94 bits per heavy atom. The maximum absolute atomic E-state index is 13.2. The molecule has 0 unspecified atom stereocenters. The number of fused-ring (bicyclic) bond motifs is 1. The van der Waals surface area contributed by atoms with Gasteiger partial charge in [-0.3, -0.25) is 14.1 Å². The summed E-state index contributed by atoms with van der Waals surface area (Å²) in [6.45, 7) is 3.57. The summed E-state index contributed by atoms with van der Waals surface area (Å²) in [6.07, 6.45) is 2.76. The van der Waals surface area contributed by atoms with E-state index in [2.05, 4.69) is 11.6 Å². The van der Waals surface area contributed by atoms with Crippen molar-refractivity contribution in [3.05, 3.63) is 30.7 Å². The number of ether oxygens (including phenoxy) is 1. The van der Waals surface area contributed by atoms with Gasteiger partial charge >= 0.3 is 14.8 Å². The minimum atomic E-state index is -1.57. The molecule has 3 rings (SSSR count). The summed E-state index contributed by atoms with van der Waals surface area (Å²) >= 11 is 0. The van der Waals surface area contributed by atoms with Crippen LogP contribution in [0.5, 0.6) is 5.75 Å². The normalized spacial score (nSPS) is 14.0. The van der Waals surface area contributed by atoms with Crippen molar-refractivity contribution >= 4 is 43.3 Å². The number of anilines is 1. The number of hydrogen-bond acceptors (Lipinski definition) is 8. The van der Waals surface area contributed by atoms with Crippen LogP contribution in [0.1, 0.15) is 10.4 Å². The molecule has 3 heterocycles. The number of aromatic nitrogens is 2. The van der Waals surface area contributed by atoms with Gasteiger partial charge in [-0.2, -0.15) is 0 Å². The summed E-state index contributed by atoms with van der Waals surface area (Å²) in [6, 6.07) is 0. The highest BCUT2D eigenvalue weighted by Crippen LogP contribution is 2.36. The van der Waals surface area contributed by atoms with Crippen LogP contribution in [-0.4, -0.2) is 77.5 Å². The molecule has 0 bridgehead atoms. The molecule has 1 aliphatic rings. The Morgan fingerprint density at radius 3 is 2.50 bits per heavy atom. The van der Waals surface area contributed by atoms with Gasteiger partial charge in [0.15, 0.2) is 5.82 Å². The summed E-state index contributed by atoms with van der Waals surface area (Å²) in [7, 11) is 2.54. The van der Waals surface area contributed by atoms with Crippen molar-refractivity contribution in [2.75, 3.05) is 45.2 Å². The molecule has 1 aliphatic heterocycles. The van der Waals surface area contributed by atoms with Gasteiger partial charge in [0.25, 0.3) is 11.7 Å². The predicted molar refractivity (Wildman–Crippen MR) is 113 cm³/mol. The fourth-order valence-electron chi connectivity index (χ4n) is 3.49. The van der Waals surface area contributed by atoms with E-state index < -0.39 is 26.5 Å². The number of Topliss-reactive ketones (excluding diaryl/α,β-unsaturated/α-hetero) is 1. The van der Waals surface area contributed by atoms with E-state index in [0.717, 1.165) is 4.90 Å². The van der Waals surface area contributed by atoms with Gasteiger partial charge in [0.05, 0.1) is 29.8 Å². The van der Waals surface area contributed by atoms with Crippen molar-refractivity contribution in [1.82, 2.24) is 19.4 Å². The molecule has 1 fully saturated rings. The highest BCUT2D eigenvalue weighted by atomic mass is 31.1. The first-order valence-electron chi connectivity index (χ1n) is 9.47. The lowest BCUT2D eigenvalue weighted by Gasteiger charge is -2.32. The van der Waals surface area contributed by atoms with Crippen molar-refractivity contribution in [3.8, 4) is 5.75 Å². The first-order chi connectivity index (χ1) is 15.3. The number of hydrogen-bond donors (Lipinski definition) is 0. The van der Waals surface area contributed by atoms with Crippen LogP contribution in [0.2, 0.25) is 0 Å². The molecule has 0 saturated carbocycles. The number of rotatable bonds is 8. The van der Waals surface area contributed by atoms with Gasteiger partial charge in [-0.25, -0.2) is 14.3 Å². The zero-order valence-electron chi connectivity index (χ0n) is 17.5. The van der Waals surface area contributed by atoms with Crippen LogP contribution in [0.25, 0.3) is 10.9 Å². The fourth-order valence-corrected chi connectivity index (χ4v) is 3.67. The minimum Gasteiger partial charge on any atom is -0.494 e. The number of ketones is 1. The van der Waals surface area contributed by atoms with Crippen molar-refractivity contribution in [2.24, 2.45) is 0 Å². The Balaban J connectivity index is 2.06. The Morgan fingerprint density at radius 1 is 1.28 bits per heavy atom. The number of pyridine rings is 1. The molecule has 0 N–H and O–H groups in total. The number of halogens is 1. The monoisotopic (exact) mass is 465 g/mol. The highest BCUT2D eigenvalue weighted by Gasteiger charge is 2.32. The largest absolute Gasteiger partial charge is 0.494 e. The van der Waals surface area contributed by atoms with E-state index in [1.165, 1.54) is 35.2 Å². The number of methoxy groups -OCH3 is 1. The Bertz CT molecular complexity index is 1080. The first kappa shape index (κ1) is 23.3. The third kappa shape index (κ3) is 4.32. The van der Waals surface area contributed by atoms with Crippen LogP contribution < -0.4 is 9.64 Å². The third-order valence-corrected chi connectivity index (χ3v) is 5.39. The third-order valence-electron chi connectivity index (χ3n) is 5.17. The molecule has 2 amide bonds. The van der Waals surface area contributed by atoms with Gasteiger partial charge in [-0.15, -0.1) is 4.39 Å². The first-order valence-corrected chi connectivity index (χ1v) is 10.2. The van der Waals surface area contributed by atoms with Crippen molar-refractivity contribution in [1.29, 1.82) is 0 Å².